The number of hydrogen-bond donors (Lipinski definition) is 1. The molecule has 1 aromatic carbocycles. The Kier molecular flexibility index (Phi) is 6.32. The predicted molar refractivity (Wildman–Crippen MR) is 101 cm³/mol. The van der Waals surface area contributed by atoms with E-state index in [0.29, 0.717) is 17.5 Å². The molecular formula is C20H23N3O. The second-order valence-corrected chi connectivity index (χ2v) is 5.39. The number of benzene rings is 1. The first kappa shape index (κ1) is 17.5. The van der Waals surface area contributed by atoms with Crippen LogP contribution in [0, 0.1) is 0 Å². The Labute approximate surface area is 143 Å². The van der Waals surface area contributed by atoms with Crippen LogP contribution in [0.5, 0.6) is 5.75 Å². The molecule has 1 heterocycles. The van der Waals surface area contributed by atoms with Crippen molar-refractivity contribution in [1.82, 2.24) is 4.98 Å². The van der Waals surface area contributed by atoms with E-state index in [0.717, 1.165) is 17.0 Å². The second-order valence-electron chi connectivity index (χ2n) is 5.39. The van der Waals surface area contributed by atoms with Crippen molar-refractivity contribution in [2.45, 2.75) is 27.7 Å². The largest absolute Gasteiger partial charge is 0.439 e. The van der Waals surface area contributed by atoms with E-state index in [2.05, 4.69) is 15.3 Å². The monoisotopic (exact) mass is 321 g/mol. The Morgan fingerprint density at radius 3 is 2.54 bits per heavy atom. The van der Waals surface area contributed by atoms with E-state index in [1.54, 1.807) is 6.20 Å². The standard InChI is InChI=1S/C20H23N3O/c1-5-15(2)14-16(3)22-17(4)24-19-12-9-13-21-20(19)23-18-10-7-6-8-11-18/h5-14H,1-4H3,(H,21,23)/b15-5?,16-14-,22-17?. The van der Waals surface area contributed by atoms with E-state index in [4.69, 9.17) is 4.74 Å². The van der Waals surface area contributed by atoms with Gasteiger partial charge in [-0.05, 0) is 51.1 Å². The molecule has 4 nitrogen and oxygen atoms in total. The number of rotatable bonds is 5. The quantitative estimate of drug-likeness (QED) is 0.450. The Hall–Kier alpha value is -2.88. The number of pyridine rings is 1. The maximum Gasteiger partial charge on any atom is 0.191 e. The minimum atomic E-state index is 0.566. The second kappa shape index (κ2) is 8.67. The van der Waals surface area contributed by atoms with Crippen LogP contribution in [0.25, 0.3) is 0 Å². The average Bonchev–Trinajstić information content (AvgIpc) is 2.57. The van der Waals surface area contributed by atoms with E-state index in [9.17, 15) is 0 Å². The van der Waals surface area contributed by atoms with Gasteiger partial charge in [0.05, 0.1) is 0 Å². The van der Waals surface area contributed by atoms with E-state index < -0.39 is 0 Å². The fraction of sp³-hybridized carbons (Fsp3) is 0.200. The molecule has 2 rings (SSSR count). The highest BCUT2D eigenvalue weighted by molar-refractivity contribution is 5.79. The zero-order valence-electron chi connectivity index (χ0n) is 14.6. The van der Waals surface area contributed by atoms with Gasteiger partial charge in [-0.25, -0.2) is 9.98 Å². The van der Waals surface area contributed by atoms with Crippen LogP contribution in [-0.2, 0) is 0 Å². The predicted octanol–water partition coefficient (Wildman–Crippen LogP) is 5.49. The molecule has 0 fully saturated rings. The molecule has 0 aliphatic rings. The van der Waals surface area contributed by atoms with Gasteiger partial charge in [-0.1, -0.05) is 29.8 Å². The maximum absolute atomic E-state index is 5.87. The van der Waals surface area contributed by atoms with Crippen LogP contribution in [0.4, 0.5) is 11.5 Å². The molecule has 124 valence electrons. The van der Waals surface area contributed by atoms with E-state index in [1.165, 1.54) is 0 Å². The van der Waals surface area contributed by atoms with Crippen molar-refractivity contribution in [1.29, 1.82) is 0 Å². The topological polar surface area (TPSA) is 46.5 Å². The van der Waals surface area contributed by atoms with Crippen molar-refractivity contribution in [3.63, 3.8) is 0 Å². The molecule has 4 heteroatoms. The van der Waals surface area contributed by atoms with Gasteiger partial charge in [0.2, 0.25) is 0 Å². The van der Waals surface area contributed by atoms with Crippen molar-refractivity contribution < 1.29 is 4.74 Å². The Morgan fingerprint density at radius 2 is 1.83 bits per heavy atom. The molecular weight excluding hydrogens is 298 g/mol. The van der Waals surface area contributed by atoms with Crippen molar-refractivity contribution in [2.24, 2.45) is 4.99 Å². The van der Waals surface area contributed by atoms with Gasteiger partial charge in [0.1, 0.15) is 0 Å². The summed E-state index contributed by atoms with van der Waals surface area (Å²) in [4.78, 5) is 8.82. The lowest BCUT2D eigenvalue weighted by Gasteiger charge is -2.11. The zero-order chi connectivity index (χ0) is 17.4. The number of nitrogens with one attached hydrogen (secondary N) is 1. The van der Waals surface area contributed by atoms with Gasteiger partial charge in [0.15, 0.2) is 17.5 Å². The number of aliphatic imine (C=N–C) groups is 1. The van der Waals surface area contributed by atoms with Crippen LogP contribution in [0.1, 0.15) is 27.7 Å². The first-order valence-electron chi connectivity index (χ1n) is 7.90. The number of aromatic nitrogens is 1. The van der Waals surface area contributed by atoms with Gasteiger partial charge in [0.25, 0.3) is 0 Å². The number of ether oxygens (including phenoxy) is 1. The van der Waals surface area contributed by atoms with E-state index >= 15 is 0 Å². The van der Waals surface area contributed by atoms with Crippen LogP contribution in [0.2, 0.25) is 0 Å². The van der Waals surface area contributed by atoms with Gasteiger partial charge >= 0.3 is 0 Å². The number of anilines is 2. The smallest absolute Gasteiger partial charge is 0.191 e. The molecule has 0 saturated carbocycles. The third-order valence-corrected chi connectivity index (χ3v) is 3.29. The van der Waals surface area contributed by atoms with E-state index in [-0.39, 0.29) is 0 Å². The first-order valence-corrected chi connectivity index (χ1v) is 7.90. The molecule has 0 atom stereocenters. The highest BCUT2D eigenvalue weighted by Crippen LogP contribution is 2.25. The summed E-state index contributed by atoms with van der Waals surface area (Å²) in [5.74, 6) is 1.86. The maximum atomic E-state index is 5.87. The average molecular weight is 321 g/mol. The van der Waals surface area contributed by atoms with E-state index in [1.807, 2.05) is 82.3 Å². The summed E-state index contributed by atoms with van der Waals surface area (Å²) in [6.07, 6.45) is 5.78. The van der Waals surface area contributed by atoms with Crippen molar-refractivity contribution in [3.8, 4) is 5.75 Å². The number of para-hydroxylation sites is 1. The molecule has 0 radical (unpaired) electrons. The molecule has 0 aliphatic heterocycles. The minimum absolute atomic E-state index is 0.566. The lowest BCUT2D eigenvalue weighted by Crippen LogP contribution is -2.06. The highest BCUT2D eigenvalue weighted by Gasteiger charge is 2.06. The van der Waals surface area contributed by atoms with Crippen LogP contribution in [0.3, 0.4) is 0 Å². The van der Waals surface area contributed by atoms with Crippen LogP contribution >= 0.6 is 0 Å². The van der Waals surface area contributed by atoms with Crippen LogP contribution in [0.15, 0.2) is 77.1 Å². The molecule has 24 heavy (non-hydrogen) atoms. The normalized spacial score (nSPS) is 12.9. The summed E-state index contributed by atoms with van der Waals surface area (Å²) in [6.45, 7) is 7.83. The molecule has 1 N–H and O–H groups in total. The summed E-state index contributed by atoms with van der Waals surface area (Å²) >= 11 is 0. The minimum Gasteiger partial charge on any atom is -0.439 e. The molecule has 0 amide bonds. The number of allylic oxidation sites excluding steroid dienone is 4. The van der Waals surface area contributed by atoms with Gasteiger partial charge in [0, 0.05) is 24.5 Å². The Bertz CT molecular complexity index is 761. The fourth-order valence-electron chi connectivity index (χ4n) is 2.10. The molecule has 0 saturated heterocycles. The molecule has 0 bridgehead atoms. The summed E-state index contributed by atoms with van der Waals surface area (Å²) in [6, 6.07) is 13.6. The van der Waals surface area contributed by atoms with Gasteiger partial charge in [-0.3, -0.25) is 0 Å². The highest BCUT2D eigenvalue weighted by atomic mass is 16.5. The molecule has 0 unspecified atom stereocenters. The number of hydrogen-bond acceptors (Lipinski definition) is 4. The summed E-state index contributed by atoms with van der Waals surface area (Å²) < 4.78 is 5.87. The van der Waals surface area contributed by atoms with Gasteiger partial charge in [-0.2, -0.15) is 0 Å². The van der Waals surface area contributed by atoms with Crippen molar-refractivity contribution in [3.05, 3.63) is 72.1 Å². The summed E-state index contributed by atoms with van der Waals surface area (Å²) in [5, 5.41) is 3.26. The lowest BCUT2D eigenvalue weighted by atomic mass is 10.2. The molecule has 0 aliphatic carbocycles. The van der Waals surface area contributed by atoms with Crippen LogP contribution in [-0.4, -0.2) is 10.9 Å². The molecule has 2 aromatic rings. The molecule has 1 aromatic heterocycles. The Morgan fingerprint density at radius 1 is 1.08 bits per heavy atom. The third kappa shape index (κ3) is 5.39. The van der Waals surface area contributed by atoms with Crippen LogP contribution < -0.4 is 10.1 Å². The third-order valence-electron chi connectivity index (χ3n) is 3.29. The summed E-state index contributed by atoms with van der Waals surface area (Å²) in [7, 11) is 0. The lowest BCUT2D eigenvalue weighted by molar-refractivity contribution is 0.545. The van der Waals surface area contributed by atoms with Gasteiger partial charge in [-0.15, -0.1) is 0 Å². The van der Waals surface area contributed by atoms with Crippen molar-refractivity contribution in [2.75, 3.05) is 5.32 Å². The Balaban J connectivity index is 2.16. The SMILES string of the molecule is CC=C(C)/C=C(/C)N=C(C)Oc1cccnc1Nc1ccccc1. The zero-order valence-corrected chi connectivity index (χ0v) is 14.6. The fourth-order valence-corrected chi connectivity index (χ4v) is 2.10. The summed E-state index contributed by atoms with van der Waals surface area (Å²) in [5.41, 5.74) is 3.01. The number of nitrogens with zero attached hydrogens (tertiary/aromatic N) is 2. The first-order chi connectivity index (χ1) is 11.6. The molecule has 0 spiro atoms. The van der Waals surface area contributed by atoms with Gasteiger partial charge < -0.3 is 10.1 Å². The van der Waals surface area contributed by atoms with Crippen molar-refractivity contribution >= 4 is 17.4 Å².